The van der Waals surface area contributed by atoms with Gasteiger partial charge in [-0.1, -0.05) is 18.5 Å². The summed E-state index contributed by atoms with van der Waals surface area (Å²) in [6.45, 7) is 1.95. The Morgan fingerprint density at radius 3 is 2.68 bits per heavy atom. The zero-order valence-electron chi connectivity index (χ0n) is 9.96. The number of alkyl halides is 3. The zero-order valence-corrected chi connectivity index (χ0v) is 10.7. The van der Waals surface area contributed by atoms with E-state index in [4.69, 9.17) is 16.7 Å². The van der Waals surface area contributed by atoms with E-state index in [0.717, 1.165) is 6.07 Å². The monoisotopic (exact) mass is 296 g/mol. The maximum absolute atomic E-state index is 12.4. The number of pyridine rings is 1. The maximum Gasteiger partial charge on any atom is 0.417 e. The first-order valence-electron chi connectivity index (χ1n) is 5.38. The highest BCUT2D eigenvalue weighted by Gasteiger charge is 2.31. The molecule has 1 heterocycles. The van der Waals surface area contributed by atoms with E-state index in [0.29, 0.717) is 6.20 Å². The molecule has 1 unspecified atom stereocenters. The molecule has 0 radical (unpaired) electrons. The Balaban J connectivity index is 2.68. The van der Waals surface area contributed by atoms with Gasteiger partial charge in [0.15, 0.2) is 0 Å². The van der Waals surface area contributed by atoms with E-state index >= 15 is 0 Å². The van der Waals surface area contributed by atoms with Crippen molar-refractivity contribution in [3.63, 3.8) is 0 Å². The minimum Gasteiger partial charge on any atom is -0.481 e. The molecule has 0 aliphatic heterocycles. The fourth-order valence-corrected chi connectivity index (χ4v) is 1.60. The van der Waals surface area contributed by atoms with E-state index in [9.17, 15) is 18.0 Å². The van der Waals surface area contributed by atoms with Gasteiger partial charge in [-0.2, -0.15) is 13.2 Å². The van der Waals surface area contributed by atoms with Gasteiger partial charge in [-0.25, -0.2) is 4.98 Å². The van der Waals surface area contributed by atoms with Crippen LogP contribution in [-0.2, 0) is 11.0 Å². The van der Waals surface area contributed by atoms with Crippen molar-refractivity contribution < 1.29 is 23.1 Å². The lowest BCUT2D eigenvalue weighted by atomic mass is 10.1. The molecule has 0 bridgehead atoms. The Labute approximate surface area is 112 Å². The third kappa shape index (κ3) is 4.94. The third-order valence-electron chi connectivity index (χ3n) is 2.31. The van der Waals surface area contributed by atoms with Gasteiger partial charge in [0, 0.05) is 19.2 Å². The number of anilines is 1. The van der Waals surface area contributed by atoms with Crippen molar-refractivity contribution in [3.05, 3.63) is 22.8 Å². The summed E-state index contributed by atoms with van der Waals surface area (Å²) in [6.07, 6.45) is -3.87. The van der Waals surface area contributed by atoms with E-state index in [1.54, 1.807) is 6.92 Å². The molecule has 1 atom stereocenters. The van der Waals surface area contributed by atoms with Crippen LogP contribution in [0, 0.1) is 5.92 Å². The maximum atomic E-state index is 12.4. The quantitative estimate of drug-likeness (QED) is 0.875. The van der Waals surface area contributed by atoms with E-state index in [2.05, 4.69) is 10.3 Å². The number of nitrogens with zero attached hydrogens (tertiary/aromatic N) is 1. The van der Waals surface area contributed by atoms with E-state index in [1.165, 1.54) is 0 Å². The normalized spacial score (nSPS) is 13.1. The minimum atomic E-state index is -4.49. The second-order valence-corrected chi connectivity index (χ2v) is 4.54. The van der Waals surface area contributed by atoms with Crippen LogP contribution in [0.5, 0.6) is 0 Å². The van der Waals surface area contributed by atoms with Gasteiger partial charge in [-0.05, 0) is 12.0 Å². The number of carboxylic acid groups (broad SMARTS) is 1. The second-order valence-electron chi connectivity index (χ2n) is 4.14. The average Bonchev–Trinajstić information content (AvgIpc) is 2.25. The molecule has 4 nitrogen and oxygen atoms in total. The summed E-state index contributed by atoms with van der Waals surface area (Å²) < 4.78 is 37.1. The van der Waals surface area contributed by atoms with Crippen molar-refractivity contribution in [2.24, 2.45) is 5.92 Å². The highest BCUT2D eigenvalue weighted by atomic mass is 35.5. The molecule has 0 aromatic carbocycles. The van der Waals surface area contributed by atoms with Crippen LogP contribution in [0.25, 0.3) is 0 Å². The second kappa shape index (κ2) is 6.10. The van der Waals surface area contributed by atoms with Crippen LogP contribution in [0.1, 0.15) is 18.9 Å². The first-order valence-corrected chi connectivity index (χ1v) is 5.76. The van der Waals surface area contributed by atoms with Gasteiger partial charge in [0.05, 0.1) is 10.6 Å². The highest BCUT2D eigenvalue weighted by molar-refractivity contribution is 6.32. The SMILES string of the molecule is CC(CNc1ncc(C(F)(F)F)cc1Cl)CC(=O)O. The van der Waals surface area contributed by atoms with E-state index in [1.807, 2.05) is 0 Å². The molecule has 1 aromatic heterocycles. The molecule has 8 heteroatoms. The smallest absolute Gasteiger partial charge is 0.417 e. The Kier molecular flexibility index (Phi) is 4.99. The molecule has 2 N–H and O–H groups in total. The lowest BCUT2D eigenvalue weighted by molar-refractivity contribution is -0.138. The number of hydrogen-bond acceptors (Lipinski definition) is 3. The molecule has 0 saturated heterocycles. The standard InChI is InChI=1S/C11H12ClF3N2O2/c1-6(2-9(18)19)4-16-10-8(12)3-7(5-17-10)11(13,14)15/h3,5-6H,2,4H2,1H3,(H,16,17)(H,18,19). The van der Waals surface area contributed by atoms with Gasteiger partial charge in [-0.3, -0.25) is 4.79 Å². The number of carbonyl (C=O) groups is 1. The molecular weight excluding hydrogens is 285 g/mol. The largest absolute Gasteiger partial charge is 0.481 e. The molecule has 0 amide bonds. The van der Waals surface area contributed by atoms with Crippen LogP contribution >= 0.6 is 11.6 Å². The van der Waals surface area contributed by atoms with Gasteiger partial charge in [-0.15, -0.1) is 0 Å². The van der Waals surface area contributed by atoms with Crippen LogP contribution in [-0.4, -0.2) is 22.6 Å². The lowest BCUT2D eigenvalue weighted by Gasteiger charge is -2.13. The summed E-state index contributed by atoms with van der Waals surface area (Å²) >= 11 is 5.68. The fraction of sp³-hybridized carbons (Fsp3) is 0.455. The average molecular weight is 297 g/mol. The number of carboxylic acids is 1. The number of nitrogens with one attached hydrogen (secondary N) is 1. The summed E-state index contributed by atoms with van der Waals surface area (Å²) in [5, 5.41) is 11.1. The molecule has 0 spiro atoms. The molecule has 1 aromatic rings. The van der Waals surface area contributed by atoms with Crippen molar-refractivity contribution in [3.8, 4) is 0 Å². The van der Waals surface area contributed by atoms with Crippen LogP contribution in [0.2, 0.25) is 5.02 Å². The predicted molar refractivity (Wildman–Crippen MR) is 64.2 cm³/mol. The van der Waals surface area contributed by atoms with Crippen LogP contribution in [0.3, 0.4) is 0 Å². The number of rotatable bonds is 5. The lowest BCUT2D eigenvalue weighted by Crippen LogP contribution is -2.16. The van der Waals surface area contributed by atoms with Crippen molar-refractivity contribution in [1.29, 1.82) is 0 Å². The van der Waals surface area contributed by atoms with Crippen LogP contribution < -0.4 is 5.32 Å². The van der Waals surface area contributed by atoms with Gasteiger partial charge in [0.2, 0.25) is 0 Å². The molecule has 0 saturated carbocycles. The minimum absolute atomic E-state index is 0.0503. The summed E-state index contributed by atoms with van der Waals surface area (Å²) in [4.78, 5) is 14.0. The van der Waals surface area contributed by atoms with Crippen molar-refractivity contribution in [2.75, 3.05) is 11.9 Å². The molecule has 19 heavy (non-hydrogen) atoms. The van der Waals surface area contributed by atoms with Crippen LogP contribution in [0.15, 0.2) is 12.3 Å². The highest BCUT2D eigenvalue weighted by Crippen LogP contribution is 2.32. The number of halogens is 4. The van der Waals surface area contributed by atoms with E-state index in [-0.39, 0.29) is 29.7 Å². The predicted octanol–water partition coefficient (Wildman–Crippen LogP) is 3.28. The Morgan fingerprint density at radius 2 is 2.21 bits per heavy atom. The number of aromatic nitrogens is 1. The number of hydrogen-bond donors (Lipinski definition) is 2. The van der Waals surface area contributed by atoms with Crippen molar-refractivity contribution in [2.45, 2.75) is 19.5 Å². The molecular formula is C11H12ClF3N2O2. The summed E-state index contributed by atoms with van der Waals surface area (Å²) in [6, 6.07) is 0.777. The summed E-state index contributed by atoms with van der Waals surface area (Å²) in [7, 11) is 0. The fourth-order valence-electron chi connectivity index (χ4n) is 1.36. The summed E-state index contributed by atoms with van der Waals surface area (Å²) in [5.74, 6) is -1.04. The van der Waals surface area contributed by atoms with E-state index < -0.39 is 17.7 Å². The first kappa shape index (κ1) is 15.6. The topological polar surface area (TPSA) is 62.2 Å². The molecule has 0 aliphatic carbocycles. The Morgan fingerprint density at radius 1 is 1.58 bits per heavy atom. The van der Waals surface area contributed by atoms with Gasteiger partial charge < -0.3 is 10.4 Å². The first-order chi connectivity index (χ1) is 8.70. The van der Waals surface area contributed by atoms with Gasteiger partial charge >= 0.3 is 12.1 Å². The van der Waals surface area contributed by atoms with Crippen LogP contribution in [0.4, 0.5) is 19.0 Å². The molecule has 0 aliphatic rings. The zero-order chi connectivity index (χ0) is 14.6. The summed E-state index contributed by atoms with van der Waals surface area (Å²) in [5.41, 5.74) is -0.929. The Hall–Kier alpha value is -1.50. The van der Waals surface area contributed by atoms with Gasteiger partial charge in [0.1, 0.15) is 5.82 Å². The Bertz CT molecular complexity index is 466. The number of aliphatic carboxylic acids is 1. The molecule has 1 rings (SSSR count). The van der Waals surface area contributed by atoms with Crippen molar-refractivity contribution >= 4 is 23.4 Å². The molecule has 0 fully saturated rings. The van der Waals surface area contributed by atoms with Gasteiger partial charge in [0.25, 0.3) is 0 Å². The van der Waals surface area contributed by atoms with Crippen molar-refractivity contribution in [1.82, 2.24) is 4.98 Å². The molecule has 106 valence electrons. The third-order valence-corrected chi connectivity index (χ3v) is 2.60.